The van der Waals surface area contributed by atoms with Gasteiger partial charge < -0.3 is 26.4 Å². The van der Waals surface area contributed by atoms with E-state index in [0.717, 1.165) is 10.8 Å². The lowest BCUT2D eigenvalue weighted by Crippen LogP contribution is -2.47. The molecule has 11 heteroatoms. The molecule has 0 radical (unpaired) electrons. The van der Waals surface area contributed by atoms with Crippen molar-refractivity contribution in [3.63, 3.8) is 0 Å². The highest BCUT2D eigenvalue weighted by molar-refractivity contribution is 7.91. The number of carbonyl (C=O) groups excluding carboxylic acids is 2. The number of anilines is 3. The molecule has 4 aromatic rings. The fraction of sp³-hybridized carbons (Fsp3) is 0.258. The van der Waals surface area contributed by atoms with Crippen molar-refractivity contribution >= 4 is 49.6 Å². The third-order valence-electron chi connectivity index (χ3n) is 6.90. The van der Waals surface area contributed by atoms with Gasteiger partial charge in [0.25, 0.3) is 0 Å². The van der Waals surface area contributed by atoms with Crippen molar-refractivity contribution in [2.45, 2.75) is 44.7 Å². The minimum atomic E-state index is -3.61. The SMILES string of the molecule is CCOc1cccc(C(C)(Nc2ccc3c(N)nccc3c2)C(=O)NCc2cc(NC(C)=O)ccc2S(=O)(=O)CC)c1. The van der Waals surface area contributed by atoms with Crippen LogP contribution < -0.4 is 26.4 Å². The summed E-state index contributed by atoms with van der Waals surface area (Å²) in [6.45, 7) is 6.91. The number of carbonyl (C=O) groups is 2. The summed E-state index contributed by atoms with van der Waals surface area (Å²) in [5, 5.41) is 10.6. The molecule has 5 N–H and O–H groups in total. The molecule has 10 nitrogen and oxygen atoms in total. The Hall–Kier alpha value is -4.64. The van der Waals surface area contributed by atoms with Crippen molar-refractivity contribution < 1.29 is 22.7 Å². The van der Waals surface area contributed by atoms with Crippen molar-refractivity contribution in [3.05, 3.63) is 84.1 Å². The molecule has 0 spiro atoms. The van der Waals surface area contributed by atoms with Gasteiger partial charge in [-0.2, -0.15) is 0 Å². The average Bonchev–Trinajstić information content (AvgIpc) is 2.96. The van der Waals surface area contributed by atoms with Crippen LogP contribution in [-0.4, -0.2) is 37.6 Å². The zero-order valence-corrected chi connectivity index (χ0v) is 24.8. The molecule has 0 aliphatic carbocycles. The molecule has 0 saturated carbocycles. The molecule has 1 unspecified atom stereocenters. The molecule has 220 valence electrons. The van der Waals surface area contributed by atoms with E-state index in [1.807, 2.05) is 49.4 Å². The van der Waals surface area contributed by atoms with E-state index in [2.05, 4.69) is 20.9 Å². The molecular formula is C31H35N5O5S. The highest BCUT2D eigenvalue weighted by Crippen LogP contribution is 2.32. The summed E-state index contributed by atoms with van der Waals surface area (Å²) in [5.74, 6) is 0.194. The van der Waals surface area contributed by atoms with Crippen molar-refractivity contribution in [2.75, 3.05) is 28.7 Å². The number of sulfone groups is 1. The number of rotatable bonds is 11. The Morgan fingerprint density at radius 2 is 1.76 bits per heavy atom. The summed E-state index contributed by atoms with van der Waals surface area (Å²) in [7, 11) is -3.61. The van der Waals surface area contributed by atoms with E-state index in [9.17, 15) is 18.0 Å². The van der Waals surface area contributed by atoms with Crippen LogP contribution in [0.15, 0.2) is 77.8 Å². The molecule has 2 amide bonds. The van der Waals surface area contributed by atoms with Crippen molar-refractivity contribution in [2.24, 2.45) is 0 Å². The number of nitrogen functional groups attached to an aromatic ring is 1. The summed E-state index contributed by atoms with van der Waals surface area (Å²) in [6.07, 6.45) is 1.62. The standard InChI is InChI=1S/C31H35N5O5S/c1-5-41-26-9-7-8-23(18-26)31(4,36-25-10-12-27-21(16-25)14-15-33-29(27)32)30(38)34-19-22-17-24(35-20(3)37)11-13-28(22)42(39,40)6-2/h7-18,36H,5-6,19H2,1-4H3,(H2,32,33)(H,34,38)(H,35,37). The van der Waals surface area contributed by atoms with Crippen LogP contribution >= 0.6 is 0 Å². The molecule has 0 bridgehead atoms. The largest absolute Gasteiger partial charge is 0.494 e. The Morgan fingerprint density at radius 3 is 2.48 bits per heavy atom. The second-order valence-electron chi connectivity index (χ2n) is 9.93. The van der Waals surface area contributed by atoms with E-state index in [4.69, 9.17) is 10.5 Å². The van der Waals surface area contributed by atoms with E-state index in [1.165, 1.54) is 19.1 Å². The summed E-state index contributed by atoms with van der Waals surface area (Å²) in [5.41, 5.74) is 6.80. The number of nitrogens with zero attached hydrogens (tertiary/aromatic N) is 1. The maximum absolute atomic E-state index is 14.1. The molecular weight excluding hydrogens is 554 g/mol. The fourth-order valence-corrected chi connectivity index (χ4v) is 5.82. The predicted octanol–water partition coefficient (Wildman–Crippen LogP) is 4.61. The molecule has 1 atom stereocenters. The lowest BCUT2D eigenvalue weighted by atomic mass is 9.90. The van der Waals surface area contributed by atoms with Gasteiger partial charge in [0, 0.05) is 36.4 Å². The van der Waals surface area contributed by atoms with Gasteiger partial charge in [-0.3, -0.25) is 9.59 Å². The van der Waals surface area contributed by atoms with Crippen LogP contribution in [0, 0.1) is 0 Å². The number of nitrogens with two attached hydrogens (primary N) is 1. The van der Waals surface area contributed by atoms with Gasteiger partial charge in [0.15, 0.2) is 9.84 Å². The normalized spacial score (nSPS) is 12.8. The van der Waals surface area contributed by atoms with Gasteiger partial charge in [-0.15, -0.1) is 0 Å². The Morgan fingerprint density at radius 1 is 1.00 bits per heavy atom. The second kappa shape index (κ2) is 12.5. The van der Waals surface area contributed by atoms with E-state index in [-0.39, 0.29) is 23.1 Å². The van der Waals surface area contributed by atoms with Crippen molar-refractivity contribution in [1.29, 1.82) is 0 Å². The lowest BCUT2D eigenvalue weighted by molar-refractivity contribution is -0.125. The number of pyridine rings is 1. The minimum absolute atomic E-state index is 0.0909. The van der Waals surface area contributed by atoms with Crippen LogP contribution in [0.1, 0.15) is 38.8 Å². The first-order valence-corrected chi connectivity index (χ1v) is 15.2. The molecule has 1 heterocycles. The maximum Gasteiger partial charge on any atom is 0.250 e. The fourth-order valence-electron chi connectivity index (χ4n) is 4.70. The predicted molar refractivity (Wildman–Crippen MR) is 165 cm³/mol. The van der Waals surface area contributed by atoms with Gasteiger partial charge in [-0.05, 0) is 85.0 Å². The number of aromatic nitrogens is 1. The molecule has 4 rings (SSSR count). The first kappa shape index (κ1) is 30.3. The van der Waals surface area contributed by atoms with Crippen LogP contribution in [0.2, 0.25) is 0 Å². The molecule has 1 aromatic heterocycles. The summed E-state index contributed by atoms with van der Waals surface area (Å²) < 4.78 is 31.4. The van der Waals surface area contributed by atoms with Gasteiger partial charge >= 0.3 is 0 Å². The summed E-state index contributed by atoms with van der Waals surface area (Å²) in [6, 6.07) is 19.2. The lowest BCUT2D eigenvalue weighted by Gasteiger charge is -2.32. The van der Waals surface area contributed by atoms with Crippen LogP contribution in [0.4, 0.5) is 17.2 Å². The minimum Gasteiger partial charge on any atom is -0.494 e. The first-order valence-electron chi connectivity index (χ1n) is 13.5. The average molecular weight is 590 g/mol. The highest BCUT2D eigenvalue weighted by atomic mass is 32.2. The third-order valence-corrected chi connectivity index (χ3v) is 8.73. The van der Waals surface area contributed by atoms with Gasteiger partial charge in [-0.25, -0.2) is 13.4 Å². The Kier molecular flexibility index (Phi) is 9.01. The highest BCUT2D eigenvalue weighted by Gasteiger charge is 2.36. The quantitative estimate of drug-likeness (QED) is 0.198. The van der Waals surface area contributed by atoms with E-state index in [0.29, 0.717) is 40.7 Å². The number of amides is 2. The number of hydrogen-bond donors (Lipinski definition) is 4. The number of hydrogen-bond acceptors (Lipinski definition) is 8. The molecule has 0 aliphatic heterocycles. The van der Waals surface area contributed by atoms with Crippen LogP contribution in [0.5, 0.6) is 5.75 Å². The van der Waals surface area contributed by atoms with Crippen LogP contribution in [0.25, 0.3) is 10.8 Å². The number of fused-ring (bicyclic) bond motifs is 1. The number of benzene rings is 3. The molecule has 0 saturated heterocycles. The zero-order valence-electron chi connectivity index (χ0n) is 24.0. The third kappa shape index (κ3) is 6.63. The summed E-state index contributed by atoms with van der Waals surface area (Å²) >= 11 is 0. The van der Waals surface area contributed by atoms with Gasteiger partial charge in [0.2, 0.25) is 11.8 Å². The second-order valence-corrected chi connectivity index (χ2v) is 12.2. The number of nitrogens with one attached hydrogen (secondary N) is 3. The Labute approximate surface area is 245 Å². The monoisotopic (exact) mass is 589 g/mol. The number of ether oxygens (including phenoxy) is 1. The summed E-state index contributed by atoms with van der Waals surface area (Å²) in [4.78, 5) is 29.9. The molecule has 0 fully saturated rings. The topological polar surface area (TPSA) is 153 Å². The molecule has 0 aliphatic rings. The zero-order chi connectivity index (χ0) is 30.5. The smallest absolute Gasteiger partial charge is 0.250 e. The van der Waals surface area contributed by atoms with E-state index >= 15 is 0 Å². The van der Waals surface area contributed by atoms with Crippen LogP contribution in [-0.2, 0) is 31.5 Å². The van der Waals surface area contributed by atoms with Gasteiger partial charge in [0.05, 0.1) is 17.3 Å². The molecule has 42 heavy (non-hydrogen) atoms. The maximum atomic E-state index is 14.1. The van der Waals surface area contributed by atoms with Crippen molar-refractivity contribution in [3.8, 4) is 5.75 Å². The van der Waals surface area contributed by atoms with E-state index in [1.54, 1.807) is 32.2 Å². The van der Waals surface area contributed by atoms with Crippen molar-refractivity contribution in [1.82, 2.24) is 10.3 Å². The van der Waals surface area contributed by atoms with Crippen LogP contribution in [0.3, 0.4) is 0 Å². The van der Waals surface area contributed by atoms with E-state index < -0.39 is 21.3 Å². The first-order chi connectivity index (χ1) is 20.0. The molecule has 3 aromatic carbocycles. The Balaban J connectivity index is 1.73. The van der Waals surface area contributed by atoms with Gasteiger partial charge in [-0.1, -0.05) is 19.1 Å². The Bertz CT molecular complexity index is 1740. The van der Waals surface area contributed by atoms with Gasteiger partial charge in [0.1, 0.15) is 17.1 Å².